The maximum atomic E-state index is 14.7. The summed E-state index contributed by atoms with van der Waals surface area (Å²) in [6.45, 7) is 0.274. The predicted molar refractivity (Wildman–Crippen MR) is 131 cm³/mol. The zero-order valence-corrected chi connectivity index (χ0v) is 19.5. The lowest BCUT2D eigenvalue weighted by Crippen LogP contribution is -2.43. The van der Waals surface area contributed by atoms with Gasteiger partial charge in [-0.15, -0.1) is 0 Å². The van der Waals surface area contributed by atoms with Crippen LogP contribution < -0.4 is 0 Å². The van der Waals surface area contributed by atoms with Crippen molar-refractivity contribution in [2.24, 2.45) is 5.92 Å². The number of aliphatic hydroxyl groups is 2. The summed E-state index contributed by atoms with van der Waals surface area (Å²) >= 11 is 0. The number of halogens is 4. The number of aromatic nitrogens is 3. The number of hydrogen-bond acceptors (Lipinski definition) is 3. The molecule has 5 nitrogen and oxygen atoms in total. The highest BCUT2D eigenvalue weighted by Crippen LogP contribution is 2.47. The molecule has 1 fully saturated rings. The maximum absolute atomic E-state index is 14.7. The first kappa shape index (κ1) is 23.7. The van der Waals surface area contributed by atoms with Gasteiger partial charge in [-0.05, 0) is 72.9 Å². The van der Waals surface area contributed by atoms with Crippen molar-refractivity contribution in [3.05, 3.63) is 96.1 Å². The van der Waals surface area contributed by atoms with E-state index in [1.165, 1.54) is 65.5 Å². The van der Waals surface area contributed by atoms with Crippen LogP contribution in [0.2, 0.25) is 0 Å². The standard InChI is InChI=1S/C28H23F4N3O2/c29-20-7-9-21(10-8-20)35-24-11-6-19(14-18(24)15-33-35)27(37,28(30,31)32)23-2-1-3-25-22(23)12-13-34(25)16-26(36)17-4-5-17/h1-3,6-15,17,26,36-37H,4-5,16H2. The largest absolute Gasteiger partial charge is 0.425 e. The topological polar surface area (TPSA) is 63.2 Å². The molecule has 9 heteroatoms. The Hall–Kier alpha value is -3.69. The fourth-order valence-corrected chi connectivity index (χ4v) is 5.05. The molecular formula is C28H23F4N3O2. The fraction of sp³-hybridized carbons (Fsp3) is 0.250. The molecule has 0 amide bonds. The summed E-state index contributed by atoms with van der Waals surface area (Å²) in [5.74, 6) is -0.196. The molecule has 0 saturated heterocycles. The Labute approximate surface area is 209 Å². The van der Waals surface area contributed by atoms with Gasteiger partial charge in [-0.1, -0.05) is 18.2 Å². The second-order valence-electron chi connectivity index (χ2n) is 9.63. The summed E-state index contributed by atoms with van der Waals surface area (Å²) in [7, 11) is 0. The van der Waals surface area contributed by atoms with Gasteiger partial charge >= 0.3 is 6.18 Å². The Morgan fingerprint density at radius 3 is 2.43 bits per heavy atom. The van der Waals surface area contributed by atoms with Crippen LogP contribution in [0.1, 0.15) is 24.0 Å². The highest BCUT2D eigenvalue weighted by atomic mass is 19.4. The third kappa shape index (κ3) is 3.89. The lowest BCUT2D eigenvalue weighted by molar-refractivity contribution is -0.247. The van der Waals surface area contributed by atoms with E-state index in [0.717, 1.165) is 12.8 Å². The van der Waals surface area contributed by atoms with E-state index >= 15 is 0 Å². The molecule has 1 saturated carbocycles. The van der Waals surface area contributed by atoms with Crippen molar-refractivity contribution in [1.82, 2.24) is 14.3 Å². The number of rotatable bonds is 6. The maximum Gasteiger partial charge on any atom is 0.425 e. The van der Waals surface area contributed by atoms with Gasteiger partial charge in [0.1, 0.15) is 5.82 Å². The Morgan fingerprint density at radius 1 is 0.973 bits per heavy atom. The molecule has 2 unspecified atom stereocenters. The average Bonchev–Trinajstić information content (AvgIpc) is 3.53. The summed E-state index contributed by atoms with van der Waals surface area (Å²) in [6.07, 6.45) is -0.653. The lowest BCUT2D eigenvalue weighted by Gasteiger charge is -2.32. The van der Waals surface area contributed by atoms with E-state index < -0.39 is 23.7 Å². The molecular weight excluding hydrogens is 486 g/mol. The molecule has 2 atom stereocenters. The Bertz CT molecular complexity index is 1600. The van der Waals surface area contributed by atoms with Gasteiger partial charge in [0.05, 0.1) is 23.5 Å². The lowest BCUT2D eigenvalue weighted by atomic mass is 9.83. The molecule has 3 aromatic carbocycles. The second kappa shape index (κ2) is 8.43. The van der Waals surface area contributed by atoms with Crippen molar-refractivity contribution in [3.8, 4) is 5.69 Å². The Balaban J connectivity index is 1.46. The number of hydrogen-bond donors (Lipinski definition) is 2. The van der Waals surface area contributed by atoms with E-state index in [-0.39, 0.29) is 29.0 Å². The van der Waals surface area contributed by atoms with Gasteiger partial charge in [0.2, 0.25) is 5.60 Å². The van der Waals surface area contributed by atoms with Gasteiger partial charge in [-0.2, -0.15) is 18.3 Å². The molecule has 0 radical (unpaired) electrons. The number of aliphatic hydroxyl groups excluding tert-OH is 1. The summed E-state index contributed by atoms with van der Waals surface area (Å²) in [6, 6.07) is 15.6. The number of alkyl halides is 3. The molecule has 37 heavy (non-hydrogen) atoms. The minimum absolute atomic E-state index is 0.218. The van der Waals surface area contributed by atoms with E-state index in [1.54, 1.807) is 22.9 Å². The van der Waals surface area contributed by atoms with E-state index in [0.29, 0.717) is 22.1 Å². The van der Waals surface area contributed by atoms with Gasteiger partial charge in [0, 0.05) is 34.6 Å². The summed E-state index contributed by atoms with van der Waals surface area (Å²) in [4.78, 5) is 0. The van der Waals surface area contributed by atoms with Gasteiger partial charge in [0.15, 0.2) is 0 Å². The Kier molecular flexibility index (Phi) is 5.40. The van der Waals surface area contributed by atoms with Crippen LogP contribution in [0.5, 0.6) is 0 Å². The van der Waals surface area contributed by atoms with Crippen molar-refractivity contribution < 1.29 is 27.8 Å². The zero-order chi connectivity index (χ0) is 25.9. The van der Waals surface area contributed by atoms with Crippen LogP contribution in [0.15, 0.2) is 79.1 Å². The third-order valence-corrected chi connectivity index (χ3v) is 7.22. The molecule has 1 aliphatic carbocycles. The SMILES string of the molecule is OC(Cn1ccc2c(C(O)(c3ccc4c(cnn4-c4ccc(F)cc4)c3)C(F)(F)F)cccc21)C1CC1. The molecule has 190 valence electrons. The van der Waals surface area contributed by atoms with Crippen LogP contribution >= 0.6 is 0 Å². The first-order valence-corrected chi connectivity index (χ1v) is 12.0. The zero-order valence-electron chi connectivity index (χ0n) is 19.5. The average molecular weight is 510 g/mol. The van der Waals surface area contributed by atoms with Crippen LogP contribution in [-0.4, -0.2) is 36.8 Å². The molecule has 0 spiro atoms. The van der Waals surface area contributed by atoms with Crippen molar-refractivity contribution in [2.45, 2.75) is 37.3 Å². The van der Waals surface area contributed by atoms with Crippen molar-refractivity contribution in [1.29, 1.82) is 0 Å². The summed E-state index contributed by atoms with van der Waals surface area (Å²) in [5.41, 5.74) is -2.36. The van der Waals surface area contributed by atoms with E-state index in [2.05, 4.69) is 5.10 Å². The van der Waals surface area contributed by atoms with E-state index in [9.17, 15) is 27.8 Å². The summed E-state index contributed by atoms with van der Waals surface area (Å²) in [5, 5.41) is 26.7. The van der Waals surface area contributed by atoms with Gasteiger partial charge in [0.25, 0.3) is 0 Å². The first-order valence-electron chi connectivity index (χ1n) is 12.0. The van der Waals surface area contributed by atoms with Gasteiger partial charge in [-0.25, -0.2) is 9.07 Å². The highest BCUT2D eigenvalue weighted by molar-refractivity contribution is 5.86. The smallest absolute Gasteiger partial charge is 0.391 e. The molecule has 0 bridgehead atoms. The van der Waals surface area contributed by atoms with Crippen LogP contribution in [0.4, 0.5) is 17.6 Å². The van der Waals surface area contributed by atoms with Crippen molar-refractivity contribution in [2.75, 3.05) is 0 Å². The molecule has 1 aliphatic rings. The van der Waals surface area contributed by atoms with Crippen LogP contribution in [0, 0.1) is 11.7 Å². The van der Waals surface area contributed by atoms with Crippen LogP contribution in [-0.2, 0) is 12.1 Å². The predicted octanol–water partition coefficient (Wildman–Crippen LogP) is 5.69. The first-order chi connectivity index (χ1) is 17.7. The van der Waals surface area contributed by atoms with E-state index in [4.69, 9.17) is 0 Å². The van der Waals surface area contributed by atoms with Gasteiger partial charge in [-0.3, -0.25) is 0 Å². The van der Waals surface area contributed by atoms with Crippen molar-refractivity contribution in [3.63, 3.8) is 0 Å². The minimum atomic E-state index is -5.03. The molecule has 0 aliphatic heterocycles. The number of nitrogens with zero attached hydrogens (tertiary/aromatic N) is 3. The third-order valence-electron chi connectivity index (χ3n) is 7.22. The van der Waals surface area contributed by atoms with Crippen LogP contribution in [0.25, 0.3) is 27.5 Å². The molecule has 6 rings (SSSR count). The normalized spacial score (nSPS) is 16.8. The molecule has 2 N–H and O–H groups in total. The quantitative estimate of drug-likeness (QED) is 0.289. The minimum Gasteiger partial charge on any atom is -0.391 e. The second-order valence-corrected chi connectivity index (χ2v) is 9.63. The highest BCUT2D eigenvalue weighted by Gasteiger charge is 2.57. The number of benzene rings is 3. The van der Waals surface area contributed by atoms with Gasteiger partial charge < -0.3 is 14.8 Å². The summed E-state index contributed by atoms with van der Waals surface area (Å²) < 4.78 is 60.6. The Morgan fingerprint density at radius 2 is 1.73 bits per heavy atom. The van der Waals surface area contributed by atoms with E-state index in [1.807, 2.05) is 0 Å². The number of fused-ring (bicyclic) bond motifs is 2. The molecule has 5 aromatic rings. The fourth-order valence-electron chi connectivity index (χ4n) is 5.05. The van der Waals surface area contributed by atoms with Crippen molar-refractivity contribution >= 4 is 21.8 Å². The monoisotopic (exact) mass is 509 g/mol. The molecule has 2 heterocycles. The van der Waals surface area contributed by atoms with Crippen LogP contribution in [0.3, 0.4) is 0 Å². The molecule has 2 aromatic heterocycles.